The van der Waals surface area contributed by atoms with Crippen LogP contribution in [0, 0.1) is 6.92 Å². The van der Waals surface area contributed by atoms with Crippen LogP contribution in [-0.2, 0) is 20.0 Å². The predicted molar refractivity (Wildman–Crippen MR) is 80.7 cm³/mol. The molecule has 110 valence electrons. The van der Waals surface area contributed by atoms with Crippen molar-refractivity contribution in [2.45, 2.75) is 26.3 Å². The molecule has 0 bridgehead atoms. The van der Waals surface area contributed by atoms with Crippen LogP contribution in [0.2, 0.25) is 0 Å². The Labute approximate surface area is 123 Å². The maximum absolute atomic E-state index is 11.4. The molecule has 0 saturated heterocycles. The molecule has 2 heterocycles. The number of anilines is 1. The highest BCUT2D eigenvalue weighted by molar-refractivity contribution is 5.91. The first kappa shape index (κ1) is 13.7. The van der Waals surface area contributed by atoms with Crippen molar-refractivity contribution in [3.8, 4) is 0 Å². The molecule has 1 aromatic carbocycles. The van der Waals surface area contributed by atoms with Crippen molar-refractivity contribution >= 4 is 11.7 Å². The summed E-state index contributed by atoms with van der Waals surface area (Å²) in [5.41, 5.74) is 4.65. The molecule has 0 radical (unpaired) electrons. The average Bonchev–Trinajstić information content (AvgIpc) is 2.76. The molecular weight excluding hydrogens is 266 g/mol. The third-order valence-electron chi connectivity index (χ3n) is 4.05. The van der Waals surface area contributed by atoms with Gasteiger partial charge in [-0.1, -0.05) is 6.07 Å². The van der Waals surface area contributed by atoms with Crippen molar-refractivity contribution in [1.29, 1.82) is 0 Å². The van der Waals surface area contributed by atoms with Gasteiger partial charge in [-0.05, 0) is 37.5 Å². The van der Waals surface area contributed by atoms with Crippen molar-refractivity contribution in [2.24, 2.45) is 7.05 Å². The molecular formula is C16H19N3O2. The minimum atomic E-state index is -0.841. The fourth-order valence-electron chi connectivity index (χ4n) is 3.07. The summed E-state index contributed by atoms with van der Waals surface area (Å²) in [5, 5.41) is 13.7. The second-order valence-corrected chi connectivity index (χ2v) is 5.55. The monoisotopic (exact) mass is 285 g/mol. The van der Waals surface area contributed by atoms with Gasteiger partial charge in [-0.2, -0.15) is 5.10 Å². The van der Waals surface area contributed by atoms with Crippen molar-refractivity contribution < 1.29 is 9.90 Å². The zero-order valence-electron chi connectivity index (χ0n) is 12.3. The smallest absolute Gasteiger partial charge is 0.336 e. The molecule has 1 N–H and O–H groups in total. The van der Waals surface area contributed by atoms with Crippen LogP contribution in [0.5, 0.6) is 0 Å². The first-order chi connectivity index (χ1) is 10.1. The van der Waals surface area contributed by atoms with E-state index in [0.29, 0.717) is 5.56 Å². The molecule has 0 saturated carbocycles. The Morgan fingerprint density at radius 1 is 1.43 bits per heavy atom. The number of carboxylic acids is 1. The predicted octanol–water partition coefficient (Wildman–Crippen LogP) is 2.38. The summed E-state index contributed by atoms with van der Waals surface area (Å²) >= 11 is 0. The molecule has 0 amide bonds. The van der Waals surface area contributed by atoms with Crippen LogP contribution < -0.4 is 4.90 Å². The molecule has 0 atom stereocenters. The maximum Gasteiger partial charge on any atom is 0.336 e. The lowest BCUT2D eigenvalue weighted by molar-refractivity contribution is 0.0695. The van der Waals surface area contributed by atoms with Crippen molar-refractivity contribution in [2.75, 3.05) is 11.4 Å². The Morgan fingerprint density at radius 3 is 2.90 bits per heavy atom. The molecule has 1 aromatic heterocycles. The van der Waals surface area contributed by atoms with Crippen LogP contribution in [0.15, 0.2) is 24.4 Å². The first-order valence-corrected chi connectivity index (χ1v) is 7.15. The van der Waals surface area contributed by atoms with E-state index in [4.69, 9.17) is 0 Å². The van der Waals surface area contributed by atoms with E-state index in [0.717, 1.165) is 42.9 Å². The minimum Gasteiger partial charge on any atom is -0.478 e. The number of benzene rings is 1. The number of hydrogen-bond donors (Lipinski definition) is 1. The summed E-state index contributed by atoms with van der Waals surface area (Å²) in [4.78, 5) is 13.6. The number of carboxylic acid groups (broad SMARTS) is 1. The molecule has 1 aliphatic heterocycles. The normalized spacial score (nSPS) is 14.1. The lowest BCUT2D eigenvalue weighted by Gasteiger charge is -2.32. The van der Waals surface area contributed by atoms with E-state index in [1.165, 1.54) is 5.56 Å². The molecule has 5 nitrogen and oxygen atoms in total. The van der Waals surface area contributed by atoms with Gasteiger partial charge in [-0.25, -0.2) is 4.79 Å². The topological polar surface area (TPSA) is 58.4 Å². The second-order valence-electron chi connectivity index (χ2n) is 5.55. The van der Waals surface area contributed by atoms with Gasteiger partial charge in [0, 0.05) is 37.6 Å². The lowest BCUT2D eigenvalue weighted by atomic mass is 9.96. The van der Waals surface area contributed by atoms with E-state index < -0.39 is 5.97 Å². The number of rotatable bonds is 3. The fourth-order valence-corrected chi connectivity index (χ4v) is 3.07. The van der Waals surface area contributed by atoms with Gasteiger partial charge in [0.2, 0.25) is 0 Å². The van der Waals surface area contributed by atoms with E-state index in [-0.39, 0.29) is 0 Å². The van der Waals surface area contributed by atoms with E-state index in [1.54, 1.807) is 6.07 Å². The Morgan fingerprint density at radius 2 is 2.24 bits per heavy atom. The van der Waals surface area contributed by atoms with Crippen molar-refractivity contribution in [3.63, 3.8) is 0 Å². The second kappa shape index (κ2) is 5.24. The van der Waals surface area contributed by atoms with Gasteiger partial charge in [-0.15, -0.1) is 0 Å². The largest absolute Gasteiger partial charge is 0.478 e. The highest BCUT2D eigenvalue weighted by atomic mass is 16.4. The molecule has 0 aliphatic carbocycles. The molecule has 3 rings (SSSR count). The lowest BCUT2D eigenvalue weighted by Crippen LogP contribution is -2.30. The van der Waals surface area contributed by atoms with Crippen molar-refractivity contribution in [3.05, 3.63) is 46.8 Å². The third kappa shape index (κ3) is 2.51. The van der Waals surface area contributed by atoms with E-state index in [1.807, 2.05) is 37.0 Å². The number of aryl methyl sites for hydroxylation is 2. The van der Waals surface area contributed by atoms with Crippen molar-refractivity contribution in [1.82, 2.24) is 9.78 Å². The molecule has 21 heavy (non-hydrogen) atoms. The molecule has 2 aromatic rings. The quantitative estimate of drug-likeness (QED) is 0.940. The number of aromatic nitrogens is 2. The molecule has 0 fully saturated rings. The summed E-state index contributed by atoms with van der Waals surface area (Å²) in [6.45, 7) is 3.73. The fraction of sp³-hybridized carbons (Fsp3) is 0.375. The highest BCUT2D eigenvalue weighted by Crippen LogP contribution is 2.31. The van der Waals surface area contributed by atoms with Crippen LogP contribution in [0.4, 0.5) is 5.69 Å². The van der Waals surface area contributed by atoms with Gasteiger partial charge in [0.05, 0.1) is 11.3 Å². The number of fused-ring (bicyclic) bond motifs is 1. The summed E-state index contributed by atoms with van der Waals surface area (Å²) < 4.78 is 1.82. The number of aromatic carboxylic acids is 1. The average molecular weight is 285 g/mol. The Hall–Kier alpha value is -2.30. The molecule has 5 heteroatoms. The summed E-state index contributed by atoms with van der Waals surface area (Å²) in [7, 11) is 1.92. The van der Waals surface area contributed by atoms with Crippen LogP contribution in [0.3, 0.4) is 0 Å². The Balaban J connectivity index is 1.96. The van der Waals surface area contributed by atoms with E-state index >= 15 is 0 Å². The first-order valence-electron chi connectivity index (χ1n) is 7.15. The summed E-state index contributed by atoms with van der Waals surface area (Å²) in [6, 6.07) is 5.54. The third-order valence-corrected chi connectivity index (χ3v) is 4.05. The van der Waals surface area contributed by atoms with Gasteiger partial charge >= 0.3 is 5.97 Å². The highest BCUT2D eigenvalue weighted by Gasteiger charge is 2.22. The van der Waals surface area contributed by atoms with Gasteiger partial charge in [0.25, 0.3) is 0 Å². The maximum atomic E-state index is 11.4. The minimum absolute atomic E-state index is 0.431. The van der Waals surface area contributed by atoms with Crippen LogP contribution in [-0.4, -0.2) is 27.4 Å². The van der Waals surface area contributed by atoms with Crippen LogP contribution in [0.25, 0.3) is 0 Å². The zero-order valence-corrected chi connectivity index (χ0v) is 12.3. The van der Waals surface area contributed by atoms with E-state index in [2.05, 4.69) is 10.00 Å². The number of carbonyl (C=O) groups is 1. The molecule has 0 spiro atoms. The van der Waals surface area contributed by atoms with Gasteiger partial charge in [-0.3, -0.25) is 4.68 Å². The van der Waals surface area contributed by atoms with Gasteiger partial charge < -0.3 is 10.0 Å². The summed E-state index contributed by atoms with van der Waals surface area (Å²) in [6.07, 6.45) is 3.85. The van der Waals surface area contributed by atoms with Crippen LogP contribution in [0.1, 0.15) is 33.6 Å². The summed E-state index contributed by atoms with van der Waals surface area (Å²) in [5.74, 6) is -0.841. The number of hydrogen-bond acceptors (Lipinski definition) is 3. The number of nitrogens with zero attached hydrogens (tertiary/aromatic N) is 3. The zero-order chi connectivity index (χ0) is 15.0. The van der Waals surface area contributed by atoms with Crippen LogP contribution >= 0.6 is 0 Å². The van der Waals surface area contributed by atoms with Gasteiger partial charge in [0.1, 0.15) is 0 Å². The Bertz CT molecular complexity index is 691. The SMILES string of the molecule is Cc1nn(C)cc1CN1CCCc2c(C(=O)O)cccc21. The molecule has 0 unspecified atom stereocenters. The van der Waals surface area contributed by atoms with E-state index in [9.17, 15) is 9.90 Å². The Kier molecular flexibility index (Phi) is 3.41. The molecule has 1 aliphatic rings. The van der Waals surface area contributed by atoms with Gasteiger partial charge in [0.15, 0.2) is 0 Å². The standard InChI is InChI=1S/C16H19N3O2/c1-11-12(9-18(2)17-11)10-19-8-4-6-13-14(16(20)21)5-3-7-15(13)19/h3,5,7,9H,4,6,8,10H2,1-2H3,(H,20,21).